The van der Waals surface area contributed by atoms with Gasteiger partial charge in [-0.2, -0.15) is 13.4 Å². The molecule has 0 bridgehead atoms. The first-order valence-corrected chi connectivity index (χ1v) is 13.5. The van der Waals surface area contributed by atoms with Gasteiger partial charge in [-0.1, -0.05) is 48.5 Å². The zero-order valence-corrected chi connectivity index (χ0v) is 20.9. The Morgan fingerprint density at radius 2 is 1.68 bits per heavy atom. The standard InChI is InChI=1S/C33H26N4O/c1-2-9-24-23(8-1)25-16-15-22-21-38-31-14-4-3-10-26(31)27-11-7-13-29-32(27)37(22)33-34(18-19-36(29)33)20-30(25)35-17-6-5-12-28(24)35/h1-14,17-19,21,25,30H,15-16,20H2/q+2. The quantitative estimate of drug-likeness (QED) is 0.232. The summed E-state index contributed by atoms with van der Waals surface area (Å²) >= 11 is 0. The Hall–Kier alpha value is -4.64. The van der Waals surface area contributed by atoms with Gasteiger partial charge in [-0.25, -0.2) is 4.57 Å². The van der Waals surface area contributed by atoms with Crippen molar-refractivity contribution in [3.8, 4) is 11.3 Å². The Kier molecular flexibility index (Phi) is 4.00. The van der Waals surface area contributed by atoms with E-state index in [1.807, 2.05) is 6.26 Å². The molecule has 7 aromatic rings. The molecule has 5 nitrogen and oxygen atoms in total. The van der Waals surface area contributed by atoms with Crippen LogP contribution in [0.5, 0.6) is 0 Å². The van der Waals surface area contributed by atoms with Crippen LogP contribution in [-0.4, -0.2) is 8.80 Å². The summed E-state index contributed by atoms with van der Waals surface area (Å²) in [4.78, 5) is 0. The van der Waals surface area contributed by atoms with Gasteiger partial charge in [-0.3, -0.25) is 0 Å². The topological polar surface area (TPSA) is 29.7 Å². The number of pyridine rings is 1. The Bertz CT molecular complexity index is 2090. The molecule has 0 saturated carbocycles. The molecular weight excluding hydrogens is 468 g/mol. The fraction of sp³-hybridized carbons (Fsp3) is 0.152. The largest absolute Gasteiger partial charge is 0.461 e. The third-order valence-electron chi connectivity index (χ3n) is 8.80. The van der Waals surface area contributed by atoms with E-state index in [4.69, 9.17) is 4.42 Å². The van der Waals surface area contributed by atoms with Gasteiger partial charge in [0.15, 0.2) is 17.8 Å². The van der Waals surface area contributed by atoms with Gasteiger partial charge >= 0.3 is 5.78 Å². The van der Waals surface area contributed by atoms with Crippen LogP contribution in [0.4, 0.5) is 0 Å². The summed E-state index contributed by atoms with van der Waals surface area (Å²) in [5, 5.41) is 2.34. The minimum absolute atomic E-state index is 0.311. The van der Waals surface area contributed by atoms with Gasteiger partial charge in [-0.15, -0.1) is 0 Å². The van der Waals surface area contributed by atoms with Crippen molar-refractivity contribution in [2.24, 2.45) is 0 Å². The molecule has 0 aliphatic carbocycles. The van der Waals surface area contributed by atoms with Crippen molar-refractivity contribution < 1.29 is 13.6 Å². The number of fused-ring (bicyclic) bond motifs is 9. The van der Waals surface area contributed by atoms with Gasteiger partial charge in [0.25, 0.3) is 0 Å². The van der Waals surface area contributed by atoms with Crippen LogP contribution in [0, 0.1) is 0 Å². The molecule has 9 rings (SSSR count). The molecule has 0 radical (unpaired) electrons. The lowest BCUT2D eigenvalue weighted by molar-refractivity contribution is -0.787. The van der Waals surface area contributed by atoms with Gasteiger partial charge in [-0.05, 0) is 36.2 Å². The normalized spacial score (nSPS) is 18.2. The maximum absolute atomic E-state index is 6.44. The van der Waals surface area contributed by atoms with E-state index in [0.717, 1.165) is 30.4 Å². The van der Waals surface area contributed by atoms with E-state index in [0.29, 0.717) is 12.0 Å². The van der Waals surface area contributed by atoms with Gasteiger partial charge in [0.05, 0.1) is 12.1 Å². The van der Waals surface area contributed by atoms with Crippen molar-refractivity contribution in [3.63, 3.8) is 0 Å². The fourth-order valence-electron chi connectivity index (χ4n) is 7.18. The Labute approximate surface area is 219 Å². The summed E-state index contributed by atoms with van der Waals surface area (Å²) in [7, 11) is 0. The SMILES string of the molecule is c1ccc2c(c1)-c1cccc[n+]1C1C[n+]3ccn4c5cccc6c7ccccc7occ(n(c65)c43)CCC21. The minimum atomic E-state index is 0.311. The third-order valence-corrected chi connectivity index (χ3v) is 8.80. The first kappa shape index (κ1) is 20.4. The lowest BCUT2D eigenvalue weighted by Crippen LogP contribution is -2.53. The average Bonchev–Trinajstić information content (AvgIpc) is 3.53. The highest BCUT2D eigenvalue weighted by Crippen LogP contribution is 2.41. The number of benzene rings is 3. The summed E-state index contributed by atoms with van der Waals surface area (Å²) in [6.07, 6.45) is 10.7. The molecular formula is C33H26N4O+2. The Morgan fingerprint density at radius 1 is 0.816 bits per heavy atom. The monoisotopic (exact) mass is 494 g/mol. The van der Waals surface area contributed by atoms with Crippen LogP contribution in [0.3, 0.4) is 0 Å². The number of hydrogen-bond acceptors (Lipinski definition) is 1. The molecule has 0 amide bonds. The average molecular weight is 495 g/mol. The van der Waals surface area contributed by atoms with Crippen LogP contribution >= 0.6 is 0 Å². The predicted molar refractivity (Wildman–Crippen MR) is 147 cm³/mol. The van der Waals surface area contributed by atoms with E-state index in [2.05, 4.69) is 121 Å². The van der Waals surface area contributed by atoms with Crippen molar-refractivity contribution in [3.05, 3.63) is 121 Å². The van der Waals surface area contributed by atoms with Gasteiger partial charge in [0, 0.05) is 34.9 Å². The fourth-order valence-corrected chi connectivity index (χ4v) is 7.18. The lowest BCUT2D eigenvalue weighted by atomic mass is 9.80. The smallest absolute Gasteiger partial charge is 0.375 e. The molecule has 2 aliphatic heterocycles. The van der Waals surface area contributed by atoms with E-state index in [-0.39, 0.29) is 0 Å². The molecule has 6 heterocycles. The van der Waals surface area contributed by atoms with Crippen molar-refractivity contribution >= 4 is 33.2 Å². The van der Waals surface area contributed by atoms with Crippen LogP contribution in [-0.2, 0) is 13.0 Å². The molecule has 0 spiro atoms. The van der Waals surface area contributed by atoms with Gasteiger partial charge in [0.2, 0.25) is 5.69 Å². The van der Waals surface area contributed by atoms with E-state index < -0.39 is 0 Å². The van der Waals surface area contributed by atoms with Crippen LogP contribution < -0.4 is 9.13 Å². The molecule has 0 fully saturated rings. The van der Waals surface area contributed by atoms with Crippen LogP contribution in [0.15, 0.2) is 114 Å². The highest BCUT2D eigenvalue weighted by Gasteiger charge is 2.42. The summed E-state index contributed by atoms with van der Waals surface area (Å²) in [6, 6.07) is 30.9. The maximum Gasteiger partial charge on any atom is 0.375 e. The van der Waals surface area contributed by atoms with Crippen LogP contribution in [0.1, 0.15) is 29.6 Å². The first-order valence-electron chi connectivity index (χ1n) is 13.5. The third kappa shape index (κ3) is 2.60. The lowest BCUT2D eigenvalue weighted by Gasteiger charge is -2.29. The predicted octanol–water partition coefficient (Wildman–Crippen LogP) is 6.18. The number of aromatic nitrogens is 4. The number of imidazole rings is 2. The number of rotatable bonds is 0. The Balaban J connectivity index is 1.40. The molecule has 38 heavy (non-hydrogen) atoms. The molecule has 5 heteroatoms. The van der Waals surface area contributed by atoms with E-state index in [1.165, 1.54) is 44.7 Å². The zero-order valence-electron chi connectivity index (χ0n) is 20.9. The summed E-state index contributed by atoms with van der Waals surface area (Å²) in [5.41, 5.74) is 8.67. The number of aryl methyl sites for hydroxylation is 1. The molecule has 2 atom stereocenters. The van der Waals surface area contributed by atoms with E-state index >= 15 is 0 Å². The highest BCUT2D eigenvalue weighted by molar-refractivity contribution is 6.08. The van der Waals surface area contributed by atoms with Crippen LogP contribution in [0.2, 0.25) is 0 Å². The van der Waals surface area contributed by atoms with Gasteiger partial charge < -0.3 is 4.42 Å². The molecule has 182 valence electrons. The van der Waals surface area contributed by atoms with Crippen molar-refractivity contribution in [1.29, 1.82) is 0 Å². The van der Waals surface area contributed by atoms with Gasteiger partial charge in [0.1, 0.15) is 35.8 Å². The van der Waals surface area contributed by atoms with Crippen molar-refractivity contribution in [2.45, 2.75) is 31.3 Å². The first-order chi connectivity index (χ1) is 18.9. The number of nitrogens with zero attached hydrogens (tertiary/aromatic N) is 4. The number of para-hydroxylation sites is 2. The molecule has 4 aromatic heterocycles. The molecule has 2 unspecified atom stereocenters. The highest BCUT2D eigenvalue weighted by atomic mass is 16.3. The number of hydrogen-bond donors (Lipinski definition) is 0. The second-order valence-corrected chi connectivity index (χ2v) is 10.6. The van der Waals surface area contributed by atoms with Crippen LogP contribution in [0.25, 0.3) is 44.4 Å². The summed E-state index contributed by atoms with van der Waals surface area (Å²) in [5.74, 6) is 1.57. The molecule has 0 N–H and O–H groups in total. The second kappa shape index (κ2) is 7.45. The molecule has 3 aromatic carbocycles. The maximum atomic E-state index is 6.44. The molecule has 0 saturated heterocycles. The van der Waals surface area contributed by atoms with E-state index in [1.54, 1.807) is 0 Å². The molecule has 2 aliphatic rings. The van der Waals surface area contributed by atoms with Crippen molar-refractivity contribution in [2.75, 3.05) is 0 Å². The summed E-state index contributed by atoms with van der Waals surface area (Å²) < 4.78 is 16.2. The second-order valence-electron chi connectivity index (χ2n) is 10.6. The summed E-state index contributed by atoms with van der Waals surface area (Å²) in [6.45, 7) is 0.896. The van der Waals surface area contributed by atoms with E-state index in [9.17, 15) is 0 Å². The Morgan fingerprint density at radius 3 is 2.68 bits per heavy atom. The van der Waals surface area contributed by atoms with Crippen molar-refractivity contribution in [1.82, 2.24) is 8.80 Å². The zero-order chi connectivity index (χ0) is 24.8. The minimum Gasteiger partial charge on any atom is -0.461 e.